The first-order valence-electron chi connectivity index (χ1n) is 5.23. The zero-order valence-electron chi connectivity index (χ0n) is 8.92. The number of nitrogens with two attached hydrogens (primary N) is 1. The van der Waals surface area contributed by atoms with Crippen molar-refractivity contribution in [2.24, 2.45) is 5.73 Å². The van der Waals surface area contributed by atoms with Gasteiger partial charge >= 0.3 is 0 Å². The van der Waals surface area contributed by atoms with Gasteiger partial charge in [-0.15, -0.1) is 0 Å². The molecule has 1 aliphatic heterocycles. The molecular weight excluding hydrogens is 178 g/mol. The standard InChI is InChI=1S/C10H19N3O/c1-3-4-9(14)13-7(2)5-6-8(13)10(11)12/h7-8H,3-6H2,1-2H3,(H3,11,12)/t7-,8-/m0/s1. The van der Waals surface area contributed by atoms with Crippen LogP contribution in [0.2, 0.25) is 0 Å². The summed E-state index contributed by atoms with van der Waals surface area (Å²) < 4.78 is 0. The van der Waals surface area contributed by atoms with Crippen molar-refractivity contribution < 1.29 is 4.79 Å². The summed E-state index contributed by atoms with van der Waals surface area (Å²) in [4.78, 5) is 13.5. The van der Waals surface area contributed by atoms with Crippen molar-refractivity contribution in [3.05, 3.63) is 0 Å². The minimum absolute atomic E-state index is 0.124. The minimum Gasteiger partial charge on any atom is -0.386 e. The molecule has 3 N–H and O–H groups in total. The van der Waals surface area contributed by atoms with Crippen LogP contribution in [0.15, 0.2) is 0 Å². The van der Waals surface area contributed by atoms with Gasteiger partial charge in [0.2, 0.25) is 5.91 Å². The smallest absolute Gasteiger partial charge is 0.223 e. The van der Waals surface area contributed by atoms with Gasteiger partial charge in [0.1, 0.15) is 5.84 Å². The van der Waals surface area contributed by atoms with Crippen LogP contribution >= 0.6 is 0 Å². The maximum atomic E-state index is 11.7. The molecule has 0 aromatic heterocycles. The van der Waals surface area contributed by atoms with Gasteiger partial charge in [-0.05, 0) is 26.2 Å². The highest BCUT2D eigenvalue weighted by Gasteiger charge is 2.35. The third-order valence-electron chi connectivity index (χ3n) is 2.78. The summed E-state index contributed by atoms with van der Waals surface area (Å²) in [6.07, 6.45) is 3.21. The Morgan fingerprint density at radius 1 is 1.57 bits per heavy atom. The van der Waals surface area contributed by atoms with Crippen molar-refractivity contribution in [2.45, 2.75) is 51.6 Å². The van der Waals surface area contributed by atoms with Gasteiger partial charge in [0.25, 0.3) is 0 Å². The van der Waals surface area contributed by atoms with Crippen molar-refractivity contribution in [3.63, 3.8) is 0 Å². The minimum atomic E-state index is -0.149. The van der Waals surface area contributed by atoms with Crippen molar-refractivity contribution in [3.8, 4) is 0 Å². The lowest BCUT2D eigenvalue weighted by Gasteiger charge is -2.27. The quantitative estimate of drug-likeness (QED) is 0.525. The Hall–Kier alpha value is -1.06. The number of rotatable bonds is 3. The van der Waals surface area contributed by atoms with Gasteiger partial charge in [-0.25, -0.2) is 0 Å². The Labute approximate surface area is 85.0 Å². The number of amides is 1. The van der Waals surface area contributed by atoms with E-state index in [2.05, 4.69) is 0 Å². The van der Waals surface area contributed by atoms with Crippen LogP contribution in [0, 0.1) is 5.41 Å². The Morgan fingerprint density at radius 3 is 2.71 bits per heavy atom. The van der Waals surface area contributed by atoms with Crippen LogP contribution in [-0.2, 0) is 4.79 Å². The molecule has 14 heavy (non-hydrogen) atoms. The topological polar surface area (TPSA) is 70.2 Å². The molecule has 1 fully saturated rings. The lowest BCUT2D eigenvalue weighted by Crippen LogP contribution is -2.46. The molecule has 0 unspecified atom stereocenters. The number of nitrogens with one attached hydrogen (secondary N) is 1. The number of hydrogen-bond acceptors (Lipinski definition) is 2. The second-order valence-corrected chi connectivity index (χ2v) is 3.95. The van der Waals surface area contributed by atoms with E-state index in [0.717, 1.165) is 19.3 Å². The predicted octanol–water partition coefficient (Wildman–Crippen LogP) is 1.10. The van der Waals surface area contributed by atoms with Crippen LogP contribution in [0.25, 0.3) is 0 Å². The van der Waals surface area contributed by atoms with E-state index in [9.17, 15) is 4.79 Å². The van der Waals surface area contributed by atoms with Crippen LogP contribution in [0.1, 0.15) is 39.5 Å². The van der Waals surface area contributed by atoms with E-state index < -0.39 is 0 Å². The summed E-state index contributed by atoms with van der Waals surface area (Å²) in [6.45, 7) is 4.01. The van der Waals surface area contributed by atoms with Crippen LogP contribution < -0.4 is 5.73 Å². The molecular formula is C10H19N3O. The van der Waals surface area contributed by atoms with Crippen LogP contribution in [0.3, 0.4) is 0 Å². The van der Waals surface area contributed by atoms with Crippen LogP contribution in [0.4, 0.5) is 0 Å². The summed E-state index contributed by atoms with van der Waals surface area (Å²) in [6, 6.07) is 0.0898. The number of amidine groups is 1. The zero-order chi connectivity index (χ0) is 10.7. The van der Waals surface area contributed by atoms with E-state index in [0.29, 0.717) is 6.42 Å². The molecule has 0 aromatic carbocycles. The number of nitrogens with zero attached hydrogens (tertiary/aromatic N) is 1. The molecule has 0 radical (unpaired) electrons. The van der Waals surface area contributed by atoms with E-state index in [-0.39, 0.29) is 23.8 Å². The van der Waals surface area contributed by atoms with Crippen molar-refractivity contribution in [1.82, 2.24) is 4.90 Å². The zero-order valence-corrected chi connectivity index (χ0v) is 8.92. The first-order valence-corrected chi connectivity index (χ1v) is 5.23. The number of carbonyl (C=O) groups is 1. The van der Waals surface area contributed by atoms with Crippen molar-refractivity contribution in [1.29, 1.82) is 5.41 Å². The fourth-order valence-corrected chi connectivity index (χ4v) is 2.05. The van der Waals surface area contributed by atoms with Crippen LogP contribution in [0.5, 0.6) is 0 Å². The molecule has 1 aliphatic rings. The van der Waals surface area contributed by atoms with Gasteiger partial charge in [-0.3, -0.25) is 10.2 Å². The monoisotopic (exact) mass is 197 g/mol. The summed E-state index contributed by atoms with van der Waals surface area (Å²) in [5.41, 5.74) is 5.47. The Morgan fingerprint density at radius 2 is 2.21 bits per heavy atom. The van der Waals surface area contributed by atoms with Gasteiger partial charge in [-0.1, -0.05) is 6.92 Å². The fourth-order valence-electron chi connectivity index (χ4n) is 2.05. The molecule has 0 aromatic rings. The predicted molar refractivity (Wildman–Crippen MR) is 56.2 cm³/mol. The molecule has 0 saturated carbocycles. The van der Waals surface area contributed by atoms with E-state index >= 15 is 0 Å². The van der Waals surface area contributed by atoms with Gasteiger partial charge in [0.05, 0.1) is 6.04 Å². The molecule has 1 heterocycles. The highest BCUT2D eigenvalue weighted by Crippen LogP contribution is 2.24. The lowest BCUT2D eigenvalue weighted by molar-refractivity contribution is -0.132. The third-order valence-corrected chi connectivity index (χ3v) is 2.78. The summed E-state index contributed by atoms with van der Waals surface area (Å²) in [5.74, 6) is 0.261. The Bertz CT molecular complexity index is 240. The second-order valence-electron chi connectivity index (χ2n) is 3.95. The van der Waals surface area contributed by atoms with E-state index in [1.54, 1.807) is 4.90 Å². The molecule has 0 spiro atoms. The van der Waals surface area contributed by atoms with Crippen molar-refractivity contribution >= 4 is 11.7 Å². The van der Waals surface area contributed by atoms with E-state index in [1.807, 2.05) is 13.8 Å². The van der Waals surface area contributed by atoms with Crippen molar-refractivity contribution in [2.75, 3.05) is 0 Å². The number of likely N-dealkylation sites (tertiary alicyclic amines) is 1. The lowest BCUT2D eigenvalue weighted by atomic mass is 10.2. The molecule has 80 valence electrons. The van der Waals surface area contributed by atoms with Gasteiger partial charge in [0, 0.05) is 12.5 Å². The Balaban J connectivity index is 2.71. The normalized spacial score (nSPS) is 26.6. The van der Waals surface area contributed by atoms with E-state index in [1.165, 1.54) is 0 Å². The van der Waals surface area contributed by atoms with Gasteiger partial charge in [-0.2, -0.15) is 0 Å². The highest BCUT2D eigenvalue weighted by atomic mass is 16.2. The number of carbonyl (C=O) groups excluding carboxylic acids is 1. The van der Waals surface area contributed by atoms with E-state index in [4.69, 9.17) is 11.1 Å². The maximum absolute atomic E-state index is 11.7. The molecule has 4 heteroatoms. The largest absolute Gasteiger partial charge is 0.386 e. The molecule has 1 rings (SSSR count). The molecule has 0 bridgehead atoms. The average Bonchev–Trinajstić information content (AvgIpc) is 2.47. The third kappa shape index (κ3) is 2.05. The van der Waals surface area contributed by atoms with Gasteiger partial charge in [0.15, 0.2) is 0 Å². The summed E-state index contributed by atoms with van der Waals surface area (Å²) >= 11 is 0. The first-order chi connectivity index (χ1) is 6.57. The SMILES string of the molecule is CCCC(=O)N1[C@@H](C)CC[C@H]1C(=N)N. The Kier molecular flexibility index (Phi) is 3.49. The van der Waals surface area contributed by atoms with Gasteiger partial charge < -0.3 is 10.6 Å². The first kappa shape index (κ1) is 11.0. The molecule has 4 nitrogen and oxygen atoms in total. The summed E-state index contributed by atoms with van der Waals surface area (Å²) in [5, 5.41) is 7.42. The van der Waals surface area contributed by atoms with Crippen LogP contribution in [-0.4, -0.2) is 28.7 Å². The number of hydrogen-bond donors (Lipinski definition) is 2. The molecule has 2 atom stereocenters. The molecule has 1 amide bonds. The highest BCUT2D eigenvalue weighted by molar-refractivity contribution is 5.89. The maximum Gasteiger partial charge on any atom is 0.223 e. The fraction of sp³-hybridized carbons (Fsp3) is 0.800. The molecule has 1 saturated heterocycles. The summed E-state index contributed by atoms with van der Waals surface area (Å²) in [7, 11) is 0. The second kappa shape index (κ2) is 4.44. The molecule has 0 aliphatic carbocycles. The average molecular weight is 197 g/mol.